The van der Waals surface area contributed by atoms with E-state index in [4.69, 9.17) is 11.6 Å². The molecule has 1 aromatic carbocycles. The molecule has 0 saturated carbocycles. The minimum Gasteiger partial charge on any atom is -0.340 e. The number of amides is 1. The van der Waals surface area contributed by atoms with Gasteiger partial charge in [-0.15, -0.1) is 11.6 Å². The second kappa shape index (κ2) is 6.35. The van der Waals surface area contributed by atoms with Crippen LogP contribution >= 0.6 is 11.6 Å². The normalized spacial score (nSPS) is 18.4. The lowest BCUT2D eigenvalue weighted by Crippen LogP contribution is -2.48. The summed E-state index contributed by atoms with van der Waals surface area (Å²) in [5.41, 5.74) is 0.928. The first kappa shape index (κ1) is 14.3. The molecule has 1 atom stereocenters. The summed E-state index contributed by atoms with van der Waals surface area (Å²) in [7, 11) is 0. The molecule has 1 aliphatic heterocycles. The van der Waals surface area contributed by atoms with Crippen LogP contribution in [0.2, 0.25) is 0 Å². The van der Waals surface area contributed by atoms with E-state index in [1.165, 1.54) is 12.1 Å². The molecule has 0 bridgehead atoms. The molecule has 0 spiro atoms. The predicted molar refractivity (Wildman–Crippen MR) is 73.7 cm³/mol. The zero-order valence-electron chi connectivity index (χ0n) is 11.0. The third-order valence-corrected chi connectivity index (χ3v) is 3.86. The minimum absolute atomic E-state index is 0.126. The van der Waals surface area contributed by atoms with E-state index in [-0.39, 0.29) is 17.1 Å². The van der Waals surface area contributed by atoms with Gasteiger partial charge in [-0.2, -0.15) is 0 Å². The highest BCUT2D eigenvalue weighted by Gasteiger charge is 2.21. The van der Waals surface area contributed by atoms with Crippen LogP contribution < -0.4 is 0 Å². The lowest BCUT2D eigenvalue weighted by molar-refractivity contribution is -0.130. The zero-order chi connectivity index (χ0) is 13.8. The van der Waals surface area contributed by atoms with E-state index >= 15 is 0 Å². The minimum atomic E-state index is -0.248. The average Bonchev–Trinajstić information content (AvgIpc) is 2.40. The third kappa shape index (κ3) is 3.91. The van der Waals surface area contributed by atoms with Gasteiger partial charge in [-0.3, -0.25) is 9.69 Å². The largest absolute Gasteiger partial charge is 0.340 e. The van der Waals surface area contributed by atoms with Crippen LogP contribution in [-0.4, -0.2) is 48.4 Å². The Balaban J connectivity index is 1.85. The molecule has 0 aromatic heterocycles. The number of nitrogens with zero attached hydrogens (tertiary/aromatic N) is 2. The fraction of sp³-hybridized carbons (Fsp3) is 0.500. The topological polar surface area (TPSA) is 23.6 Å². The Labute approximate surface area is 117 Å². The lowest BCUT2D eigenvalue weighted by Gasteiger charge is -2.35. The molecule has 1 aromatic rings. The summed E-state index contributed by atoms with van der Waals surface area (Å²) in [5.74, 6) is -0.122. The molecule has 2 rings (SSSR count). The summed E-state index contributed by atoms with van der Waals surface area (Å²) in [6, 6.07) is 6.30. The highest BCUT2D eigenvalue weighted by molar-refractivity contribution is 6.21. The van der Waals surface area contributed by atoms with E-state index in [9.17, 15) is 9.18 Å². The number of piperazine rings is 1. The van der Waals surface area contributed by atoms with Crippen LogP contribution in [-0.2, 0) is 4.79 Å². The van der Waals surface area contributed by atoms with Gasteiger partial charge in [0.25, 0.3) is 0 Å². The van der Waals surface area contributed by atoms with Crippen molar-refractivity contribution in [3.8, 4) is 0 Å². The van der Waals surface area contributed by atoms with E-state index in [2.05, 4.69) is 4.90 Å². The molecule has 3 nitrogen and oxygen atoms in total. The van der Waals surface area contributed by atoms with Crippen molar-refractivity contribution in [3.63, 3.8) is 0 Å². The first-order valence-electron chi connectivity index (χ1n) is 6.43. The molecule has 0 aliphatic carbocycles. The zero-order valence-corrected chi connectivity index (χ0v) is 11.7. The van der Waals surface area contributed by atoms with Crippen molar-refractivity contribution in [2.24, 2.45) is 0 Å². The van der Waals surface area contributed by atoms with Gasteiger partial charge in [0.15, 0.2) is 0 Å². The summed E-state index contributed by atoms with van der Waals surface area (Å²) < 4.78 is 12.8. The number of carbonyl (C=O) groups is 1. The number of rotatable bonds is 3. The summed E-state index contributed by atoms with van der Waals surface area (Å²) in [5, 5.41) is -0.149. The van der Waals surface area contributed by atoms with Crippen molar-refractivity contribution < 1.29 is 9.18 Å². The molecule has 0 N–H and O–H groups in total. The Hall–Kier alpha value is -1.13. The van der Waals surface area contributed by atoms with Crippen molar-refractivity contribution in [3.05, 3.63) is 35.6 Å². The second-order valence-corrected chi connectivity index (χ2v) is 5.35. The first-order valence-corrected chi connectivity index (χ1v) is 6.87. The van der Waals surface area contributed by atoms with Crippen LogP contribution in [0.15, 0.2) is 24.3 Å². The summed E-state index contributed by atoms with van der Waals surface area (Å²) >= 11 is 6.35. The highest BCUT2D eigenvalue weighted by atomic mass is 35.5. The van der Waals surface area contributed by atoms with Gasteiger partial charge in [-0.25, -0.2) is 4.39 Å². The Kier molecular flexibility index (Phi) is 4.77. The molecular formula is C14H18ClFN2O. The molecule has 5 heteroatoms. The van der Waals surface area contributed by atoms with Crippen LogP contribution in [0.4, 0.5) is 4.39 Å². The van der Waals surface area contributed by atoms with Gasteiger partial charge >= 0.3 is 0 Å². The molecule has 1 saturated heterocycles. The van der Waals surface area contributed by atoms with Gasteiger partial charge in [0, 0.05) is 39.6 Å². The molecule has 1 amide bonds. The number of alkyl halides is 1. The Bertz CT molecular complexity index is 430. The number of halogens is 2. The van der Waals surface area contributed by atoms with Crippen molar-refractivity contribution in [2.45, 2.75) is 12.3 Å². The molecule has 104 valence electrons. The Morgan fingerprint density at radius 3 is 2.37 bits per heavy atom. The van der Waals surface area contributed by atoms with E-state index < -0.39 is 0 Å². The number of carbonyl (C=O) groups excluding carboxylic acids is 1. The van der Waals surface area contributed by atoms with E-state index in [0.29, 0.717) is 0 Å². The number of hydrogen-bond acceptors (Lipinski definition) is 2. The van der Waals surface area contributed by atoms with Gasteiger partial charge in [0.05, 0.1) is 5.38 Å². The summed E-state index contributed by atoms with van der Waals surface area (Å²) in [6.07, 6.45) is 0. The maximum absolute atomic E-state index is 12.8. The summed E-state index contributed by atoms with van der Waals surface area (Å²) in [6.45, 7) is 5.50. The number of hydrogen-bond donors (Lipinski definition) is 0. The van der Waals surface area contributed by atoms with Crippen molar-refractivity contribution in [2.75, 3.05) is 32.7 Å². The van der Waals surface area contributed by atoms with Crippen molar-refractivity contribution >= 4 is 17.5 Å². The van der Waals surface area contributed by atoms with Crippen LogP contribution in [0.3, 0.4) is 0 Å². The SMILES string of the molecule is CC(=O)N1CCN(CC(Cl)c2ccc(F)cc2)CC1. The fourth-order valence-electron chi connectivity index (χ4n) is 2.25. The standard InChI is InChI=1S/C14H18ClFN2O/c1-11(19)18-8-6-17(7-9-18)10-14(15)12-2-4-13(16)5-3-12/h2-5,14H,6-10H2,1H3. The number of benzene rings is 1. The predicted octanol–water partition coefficient (Wildman–Crippen LogP) is 2.27. The molecule has 0 radical (unpaired) electrons. The highest BCUT2D eigenvalue weighted by Crippen LogP contribution is 2.22. The first-order chi connectivity index (χ1) is 9.06. The second-order valence-electron chi connectivity index (χ2n) is 4.83. The van der Waals surface area contributed by atoms with Crippen LogP contribution in [0, 0.1) is 5.82 Å². The van der Waals surface area contributed by atoms with Gasteiger partial charge < -0.3 is 4.90 Å². The molecule has 1 fully saturated rings. The Morgan fingerprint density at radius 1 is 1.26 bits per heavy atom. The molecule has 19 heavy (non-hydrogen) atoms. The molecular weight excluding hydrogens is 267 g/mol. The van der Waals surface area contributed by atoms with E-state index in [0.717, 1.165) is 38.3 Å². The molecule has 1 aliphatic rings. The maximum Gasteiger partial charge on any atom is 0.219 e. The quantitative estimate of drug-likeness (QED) is 0.795. The Morgan fingerprint density at radius 2 is 1.84 bits per heavy atom. The van der Waals surface area contributed by atoms with E-state index in [1.807, 2.05) is 4.90 Å². The molecule has 1 heterocycles. The van der Waals surface area contributed by atoms with Crippen LogP contribution in [0.5, 0.6) is 0 Å². The van der Waals surface area contributed by atoms with Crippen molar-refractivity contribution in [1.29, 1.82) is 0 Å². The van der Waals surface area contributed by atoms with Gasteiger partial charge in [-0.1, -0.05) is 12.1 Å². The van der Waals surface area contributed by atoms with Crippen molar-refractivity contribution in [1.82, 2.24) is 9.80 Å². The smallest absolute Gasteiger partial charge is 0.219 e. The lowest BCUT2D eigenvalue weighted by atomic mass is 10.1. The summed E-state index contributed by atoms with van der Waals surface area (Å²) in [4.78, 5) is 15.3. The monoisotopic (exact) mass is 284 g/mol. The maximum atomic E-state index is 12.8. The molecule has 1 unspecified atom stereocenters. The van der Waals surface area contributed by atoms with Gasteiger partial charge in [-0.05, 0) is 17.7 Å². The van der Waals surface area contributed by atoms with Crippen LogP contribution in [0.25, 0.3) is 0 Å². The third-order valence-electron chi connectivity index (χ3n) is 3.47. The fourth-order valence-corrected chi connectivity index (χ4v) is 2.59. The van der Waals surface area contributed by atoms with Gasteiger partial charge in [0.2, 0.25) is 5.91 Å². The van der Waals surface area contributed by atoms with Gasteiger partial charge in [0.1, 0.15) is 5.82 Å². The van der Waals surface area contributed by atoms with Crippen LogP contribution in [0.1, 0.15) is 17.9 Å². The average molecular weight is 285 g/mol. The van der Waals surface area contributed by atoms with E-state index in [1.54, 1.807) is 19.1 Å².